The van der Waals surface area contributed by atoms with Gasteiger partial charge in [0.25, 0.3) is 0 Å². The monoisotopic (exact) mass is 247 g/mol. The zero-order valence-electron chi connectivity index (χ0n) is 7.96. The number of morpholine rings is 1. The van der Waals surface area contributed by atoms with Gasteiger partial charge in [0.1, 0.15) is 5.75 Å². The topological polar surface area (TPSA) is 41.5 Å². The zero-order chi connectivity index (χ0) is 10.8. The molecule has 1 fully saturated rings. The lowest BCUT2D eigenvalue weighted by molar-refractivity contribution is 0.0761. The molecule has 0 bridgehead atoms. The van der Waals surface area contributed by atoms with E-state index in [9.17, 15) is 5.11 Å². The Bertz CT molecular complexity index is 365. The van der Waals surface area contributed by atoms with E-state index in [1.165, 1.54) is 6.07 Å². The molecule has 2 N–H and O–H groups in total. The summed E-state index contributed by atoms with van der Waals surface area (Å²) < 4.78 is 5.31. The highest BCUT2D eigenvalue weighted by Crippen LogP contribution is 2.35. The molecule has 1 saturated heterocycles. The second-order valence-electron chi connectivity index (χ2n) is 3.41. The summed E-state index contributed by atoms with van der Waals surface area (Å²) in [5.74, 6) is 0.0732. The number of aromatic hydroxyl groups is 1. The van der Waals surface area contributed by atoms with Gasteiger partial charge in [0.2, 0.25) is 0 Å². The molecule has 0 saturated carbocycles. The van der Waals surface area contributed by atoms with Crippen LogP contribution in [0.25, 0.3) is 0 Å². The van der Waals surface area contributed by atoms with E-state index >= 15 is 0 Å². The van der Waals surface area contributed by atoms with Gasteiger partial charge in [-0.15, -0.1) is 0 Å². The van der Waals surface area contributed by atoms with Gasteiger partial charge in [-0.25, -0.2) is 0 Å². The molecule has 1 aromatic carbocycles. The maximum absolute atomic E-state index is 9.79. The van der Waals surface area contributed by atoms with Crippen molar-refractivity contribution in [3.63, 3.8) is 0 Å². The number of ether oxygens (including phenoxy) is 1. The molecule has 0 radical (unpaired) electrons. The fourth-order valence-electron chi connectivity index (χ4n) is 1.62. The number of nitrogens with one attached hydrogen (secondary N) is 1. The third-order valence-electron chi connectivity index (χ3n) is 2.35. The summed E-state index contributed by atoms with van der Waals surface area (Å²) in [6.07, 6.45) is 0. The van der Waals surface area contributed by atoms with Crippen molar-refractivity contribution in [3.05, 3.63) is 27.7 Å². The molecule has 1 aromatic rings. The molecule has 3 nitrogen and oxygen atoms in total. The summed E-state index contributed by atoms with van der Waals surface area (Å²) in [6, 6.07) is 3.18. The second-order valence-corrected chi connectivity index (χ2v) is 4.25. The molecule has 0 aromatic heterocycles. The first-order valence-electron chi connectivity index (χ1n) is 4.67. The van der Waals surface area contributed by atoms with Crippen molar-refractivity contribution in [2.24, 2.45) is 0 Å². The first-order chi connectivity index (χ1) is 7.18. The molecule has 82 valence electrons. The van der Waals surface area contributed by atoms with Crippen molar-refractivity contribution in [2.45, 2.75) is 6.04 Å². The van der Waals surface area contributed by atoms with E-state index in [1.807, 2.05) is 0 Å². The molecule has 0 aliphatic carbocycles. The van der Waals surface area contributed by atoms with Crippen LogP contribution in [0.3, 0.4) is 0 Å². The van der Waals surface area contributed by atoms with Gasteiger partial charge in [0.15, 0.2) is 0 Å². The van der Waals surface area contributed by atoms with E-state index in [2.05, 4.69) is 5.32 Å². The van der Waals surface area contributed by atoms with Crippen LogP contribution in [0.2, 0.25) is 10.0 Å². The van der Waals surface area contributed by atoms with Crippen molar-refractivity contribution in [1.82, 2.24) is 5.32 Å². The molecule has 1 aliphatic heterocycles. The van der Waals surface area contributed by atoms with Crippen LogP contribution in [0.5, 0.6) is 5.75 Å². The van der Waals surface area contributed by atoms with Crippen molar-refractivity contribution in [2.75, 3.05) is 19.8 Å². The van der Waals surface area contributed by atoms with E-state index in [-0.39, 0.29) is 16.8 Å². The highest BCUT2D eigenvalue weighted by atomic mass is 35.5. The fourth-order valence-corrected chi connectivity index (χ4v) is 2.13. The van der Waals surface area contributed by atoms with Crippen LogP contribution in [0.1, 0.15) is 11.6 Å². The summed E-state index contributed by atoms with van der Waals surface area (Å²) in [6.45, 7) is 1.96. The Balaban J connectivity index is 2.33. The molecular weight excluding hydrogens is 237 g/mol. The minimum Gasteiger partial charge on any atom is -0.506 e. The molecule has 1 aliphatic rings. The van der Waals surface area contributed by atoms with Crippen LogP contribution in [0, 0.1) is 0 Å². The van der Waals surface area contributed by atoms with Gasteiger partial charge >= 0.3 is 0 Å². The minimum absolute atomic E-state index is 0.0463. The molecule has 0 unspecified atom stereocenters. The average Bonchev–Trinajstić information content (AvgIpc) is 2.24. The van der Waals surface area contributed by atoms with Crippen LogP contribution in [0.15, 0.2) is 12.1 Å². The summed E-state index contributed by atoms with van der Waals surface area (Å²) in [5, 5.41) is 13.8. The van der Waals surface area contributed by atoms with Gasteiger partial charge in [-0.2, -0.15) is 0 Å². The van der Waals surface area contributed by atoms with Crippen LogP contribution in [-0.4, -0.2) is 24.9 Å². The zero-order valence-corrected chi connectivity index (χ0v) is 9.48. The highest BCUT2D eigenvalue weighted by Gasteiger charge is 2.20. The predicted octanol–water partition coefficient (Wildman–Crippen LogP) is 2.36. The standard InChI is InChI=1S/C10H11Cl2NO2/c11-6-3-7(10(14)8(12)4-6)9-5-15-2-1-13-9/h3-4,9,13-14H,1-2,5H2/t9-/m1/s1. The van der Waals surface area contributed by atoms with Crippen molar-refractivity contribution in [3.8, 4) is 5.75 Å². The van der Waals surface area contributed by atoms with Crippen LogP contribution in [0.4, 0.5) is 0 Å². The maximum Gasteiger partial charge on any atom is 0.139 e. The summed E-state index contributed by atoms with van der Waals surface area (Å²) in [5.41, 5.74) is 0.687. The molecule has 1 atom stereocenters. The Morgan fingerprint density at radius 2 is 2.20 bits per heavy atom. The van der Waals surface area contributed by atoms with Crippen LogP contribution >= 0.6 is 23.2 Å². The number of halogens is 2. The second kappa shape index (κ2) is 4.58. The number of hydrogen-bond acceptors (Lipinski definition) is 3. The van der Waals surface area contributed by atoms with Crippen molar-refractivity contribution in [1.29, 1.82) is 0 Å². The highest BCUT2D eigenvalue weighted by molar-refractivity contribution is 6.35. The van der Waals surface area contributed by atoms with Crippen LogP contribution < -0.4 is 5.32 Å². The van der Waals surface area contributed by atoms with E-state index in [4.69, 9.17) is 27.9 Å². The number of hydrogen-bond donors (Lipinski definition) is 2. The molecule has 0 spiro atoms. The molecule has 0 amide bonds. The van der Waals surface area contributed by atoms with Gasteiger partial charge < -0.3 is 15.2 Å². The van der Waals surface area contributed by atoms with Crippen LogP contribution in [-0.2, 0) is 4.74 Å². The lowest BCUT2D eigenvalue weighted by Gasteiger charge is -2.25. The lowest BCUT2D eigenvalue weighted by atomic mass is 10.1. The maximum atomic E-state index is 9.79. The third kappa shape index (κ3) is 2.37. The third-order valence-corrected chi connectivity index (χ3v) is 2.86. The van der Waals surface area contributed by atoms with Gasteiger partial charge in [-0.1, -0.05) is 23.2 Å². The first kappa shape index (κ1) is 11.0. The van der Waals surface area contributed by atoms with E-state index in [1.54, 1.807) is 6.07 Å². The summed E-state index contributed by atoms with van der Waals surface area (Å²) in [4.78, 5) is 0. The quantitative estimate of drug-likeness (QED) is 0.801. The van der Waals surface area contributed by atoms with E-state index in [0.29, 0.717) is 23.8 Å². The van der Waals surface area contributed by atoms with Gasteiger partial charge in [-0.3, -0.25) is 0 Å². The first-order valence-corrected chi connectivity index (χ1v) is 5.43. The van der Waals surface area contributed by atoms with Crippen molar-refractivity contribution >= 4 is 23.2 Å². The number of rotatable bonds is 1. The van der Waals surface area contributed by atoms with Gasteiger partial charge in [-0.05, 0) is 12.1 Å². The summed E-state index contributed by atoms with van der Waals surface area (Å²) in [7, 11) is 0. The lowest BCUT2D eigenvalue weighted by Crippen LogP contribution is -2.34. The van der Waals surface area contributed by atoms with Gasteiger partial charge in [0.05, 0.1) is 24.3 Å². The average molecular weight is 248 g/mol. The van der Waals surface area contributed by atoms with E-state index < -0.39 is 0 Å². The number of benzene rings is 1. The Kier molecular flexibility index (Phi) is 3.36. The Hall–Kier alpha value is -0.480. The summed E-state index contributed by atoms with van der Waals surface area (Å²) >= 11 is 11.7. The Morgan fingerprint density at radius 3 is 2.87 bits per heavy atom. The number of phenols is 1. The predicted molar refractivity (Wildman–Crippen MR) is 59.7 cm³/mol. The Morgan fingerprint density at radius 1 is 1.40 bits per heavy atom. The molecule has 15 heavy (non-hydrogen) atoms. The SMILES string of the molecule is Oc1c(Cl)cc(Cl)cc1[C@H]1COCCN1. The molecule has 5 heteroatoms. The van der Waals surface area contributed by atoms with Gasteiger partial charge in [0, 0.05) is 17.1 Å². The normalized spacial score (nSPS) is 21.6. The molecular formula is C10H11Cl2NO2. The smallest absolute Gasteiger partial charge is 0.139 e. The fraction of sp³-hybridized carbons (Fsp3) is 0.400. The minimum atomic E-state index is -0.0463. The number of phenolic OH excluding ortho intramolecular Hbond substituents is 1. The largest absolute Gasteiger partial charge is 0.506 e. The van der Waals surface area contributed by atoms with E-state index in [0.717, 1.165) is 6.54 Å². The molecule has 1 heterocycles. The molecule has 2 rings (SSSR count). The Labute approximate surface area is 97.9 Å². The van der Waals surface area contributed by atoms with Crippen molar-refractivity contribution < 1.29 is 9.84 Å².